The number of rotatable bonds is 2. The lowest BCUT2D eigenvalue weighted by Crippen LogP contribution is -1.93. The second-order valence-electron chi connectivity index (χ2n) is 4.24. The average Bonchev–Trinajstić information content (AvgIpc) is 3.17. The first-order valence-corrected chi connectivity index (χ1v) is 5.90. The van der Waals surface area contributed by atoms with Crippen molar-refractivity contribution in [3.05, 3.63) is 47.1 Å². The molecule has 0 saturated heterocycles. The van der Waals surface area contributed by atoms with Gasteiger partial charge in [-0.2, -0.15) is 0 Å². The molecular formula is C13H10ClFN2. The van der Waals surface area contributed by atoms with E-state index >= 15 is 0 Å². The molecule has 1 aliphatic carbocycles. The Morgan fingerprint density at radius 1 is 1.29 bits per heavy atom. The van der Waals surface area contributed by atoms with Crippen molar-refractivity contribution in [2.45, 2.75) is 18.8 Å². The normalized spacial score (nSPS) is 14.9. The van der Waals surface area contributed by atoms with Gasteiger partial charge < -0.3 is 0 Å². The molecule has 0 radical (unpaired) electrons. The Labute approximate surface area is 103 Å². The monoisotopic (exact) mass is 248 g/mol. The summed E-state index contributed by atoms with van der Waals surface area (Å²) in [6, 6.07) is 7.83. The molecule has 86 valence electrons. The van der Waals surface area contributed by atoms with Crippen LogP contribution in [-0.4, -0.2) is 9.97 Å². The van der Waals surface area contributed by atoms with Crippen molar-refractivity contribution in [3.8, 4) is 11.3 Å². The van der Waals surface area contributed by atoms with Gasteiger partial charge in [0.15, 0.2) is 5.82 Å². The molecule has 1 aromatic carbocycles. The zero-order chi connectivity index (χ0) is 11.8. The lowest BCUT2D eigenvalue weighted by atomic mass is 10.0. The Morgan fingerprint density at radius 3 is 2.88 bits per heavy atom. The summed E-state index contributed by atoms with van der Waals surface area (Å²) >= 11 is 5.69. The Kier molecular flexibility index (Phi) is 2.56. The SMILES string of the molecule is Fc1cnc(Cl)nc1-c1cccc(C2CC2)c1. The van der Waals surface area contributed by atoms with Crippen LogP contribution in [0.5, 0.6) is 0 Å². The van der Waals surface area contributed by atoms with Crippen LogP contribution in [0.4, 0.5) is 4.39 Å². The summed E-state index contributed by atoms with van der Waals surface area (Å²) in [6.07, 6.45) is 3.54. The van der Waals surface area contributed by atoms with Crippen molar-refractivity contribution in [2.75, 3.05) is 0 Å². The van der Waals surface area contributed by atoms with E-state index in [2.05, 4.69) is 16.0 Å². The van der Waals surface area contributed by atoms with Gasteiger partial charge in [0.2, 0.25) is 5.28 Å². The van der Waals surface area contributed by atoms with Crippen LogP contribution in [0.2, 0.25) is 5.28 Å². The minimum absolute atomic E-state index is 0.0678. The van der Waals surface area contributed by atoms with Gasteiger partial charge in [0.1, 0.15) is 5.69 Å². The quantitative estimate of drug-likeness (QED) is 0.755. The van der Waals surface area contributed by atoms with Crippen LogP contribution in [0.1, 0.15) is 24.3 Å². The molecule has 0 spiro atoms. The van der Waals surface area contributed by atoms with Gasteiger partial charge in [-0.25, -0.2) is 14.4 Å². The van der Waals surface area contributed by atoms with Gasteiger partial charge in [-0.05, 0) is 42.0 Å². The molecule has 3 rings (SSSR count). The van der Waals surface area contributed by atoms with Crippen molar-refractivity contribution in [3.63, 3.8) is 0 Å². The molecule has 1 heterocycles. The molecule has 0 bridgehead atoms. The molecule has 2 nitrogen and oxygen atoms in total. The van der Waals surface area contributed by atoms with E-state index in [4.69, 9.17) is 11.6 Å². The second-order valence-corrected chi connectivity index (χ2v) is 4.57. The highest BCUT2D eigenvalue weighted by Crippen LogP contribution is 2.41. The summed E-state index contributed by atoms with van der Waals surface area (Å²) in [5.41, 5.74) is 2.28. The largest absolute Gasteiger partial charge is 0.223 e. The van der Waals surface area contributed by atoms with Gasteiger partial charge >= 0.3 is 0 Å². The number of hydrogen-bond acceptors (Lipinski definition) is 2. The first-order valence-electron chi connectivity index (χ1n) is 5.52. The Hall–Kier alpha value is -1.48. The zero-order valence-electron chi connectivity index (χ0n) is 9.03. The Bertz CT molecular complexity index is 567. The van der Waals surface area contributed by atoms with Crippen LogP contribution >= 0.6 is 11.6 Å². The highest BCUT2D eigenvalue weighted by molar-refractivity contribution is 6.28. The molecule has 1 saturated carbocycles. The van der Waals surface area contributed by atoms with Crippen molar-refractivity contribution >= 4 is 11.6 Å². The average molecular weight is 249 g/mol. The molecule has 2 aromatic rings. The Balaban J connectivity index is 2.07. The predicted octanol–water partition coefficient (Wildman–Crippen LogP) is 3.81. The minimum atomic E-state index is -0.442. The summed E-state index contributed by atoms with van der Waals surface area (Å²) in [6.45, 7) is 0. The summed E-state index contributed by atoms with van der Waals surface area (Å²) in [7, 11) is 0. The minimum Gasteiger partial charge on any atom is -0.223 e. The van der Waals surface area contributed by atoms with Gasteiger partial charge in [-0.1, -0.05) is 18.2 Å². The fourth-order valence-electron chi connectivity index (χ4n) is 1.90. The molecular weight excluding hydrogens is 239 g/mol. The van der Waals surface area contributed by atoms with Crippen LogP contribution in [0, 0.1) is 5.82 Å². The zero-order valence-corrected chi connectivity index (χ0v) is 9.78. The maximum absolute atomic E-state index is 13.6. The van der Waals surface area contributed by atoms with E-state index in [0.717, 1.165) is 11.8 Å². The van der Waals surface area contributed by atoms with Crippen molar-refractivity contribution in [2.24, 2.45) is 0 Å². The lowest BCUT2D eigenvalue weighted by Gasteiger charge is -2.05. The summed E-state index contributed by atoms with van der Waals surface area (Å²) < 4.78 is 13.6. The highest BCUT2D eigenvalue weighted by atomic mass is 35.5. The van der Waals surface area contributed by atoms with Crippen LogP contribution in [-0.2, 0) is 0 Å². The predicted molar refractivity (Wildman–Crippen MR) is 64.4 cm³/mol. The number of hydrogen-bond donors (Lipinski definition) is 0. The molecule has 0 atom stereocenters. The maximum Gasteiger partial charge on any atom is 0.223 e. The molecule has 1 fully saturated rings. The lowest BCUT2D eigenvalue weighted by molar-refractivity contribution is 0.618. The Morgan fingerprint density at radius 2 is 2.12 bits per heavy atom. The number of halogens is 2. The van der Waals surface area contributed by atoms with Crippen LogP contribution < -0.4 is 0 Å². The van der Waals surface area contributed by atoms with Crippen LogP contribution in [0.25, 0.3) is 11.3 Å². The van der Waals surface area contributed by atoms with E-state index in [1.54, 1.807) is 0 Å². The van der Waals surface area contributed by atoms with E-state index in [9.17, 15) is 4.39 Å². The van der Waals surface area contributed by atoms with Crippen molar-refractivity contribution in [1.29, 1.82) is 0 Å². The van der Waals surface area contributed by atoms with Gasteiger partial charge in [-0.3, -0.25) is 0 Å². The molecule has 4 heteroatoms. The third kappa shape index (κ3) is 2.15. The maximum atomic E-state index is 13.6. The first kappa shape index (κ1) is 10.7. The highest BCUT2D eigenvalue weighted by Gasteiger charge is 2.23. The van der Waals surface area contributed by atoms with E-state index in [1.807, 2.05) is 18.2 Å². The molecule has 0 aliphatic heterocycles. The molecule has 1 aromatic heterocycles. The van der Waals surface area contributed by atoms with Gasteiger partial charge in [0.25, 0.3) is 0 Å². The second kappa shape index (κ2) is 4.08. The van der Waals surface area contributed by atoms with E-state index < -0.39 is 5.82 Å². The summed E-state index contributed by atoms with van der Waals surface area (Å²) in [5, 5.41) is 0.0678. The van der Waals surface area contributed by atoms with Crippen LogP contribution in [0.3, 0.4) is 0 Å². The molecule has 1 aliphatic rings. The molecule has 0 N–H and O–H groups in total. The van der Waals surface area contributed by atoms with E-state index in [-0.39, 0.29) is 11.0 Å². The van der Waals surface area contributed by atoms with Gasteiger partial charge in [-0.15, -0.1) is 0 Å². The smallest absolute Gasteiger partial charge is 0.223 e. The van der Waals surface area contributed by atoms with Crippen molar-refractivity contribution in [1.82, 2.24) is 9.97 Å². The first-order chi connectivity index (χ1) is 8.24. The van der Waals surface area contributed by atoms with E-state index in [0.29, 0.717) is 5.92 Å². The third-order valence-corrected chi connectivity index (χ3v) is 3.11. The summed E-state index contributed by atoms with van der Waals surface area (Å²) in [4.78, 5) is 7.56. The third-order valence-electron chi connectivity index (χ3n) is 2.92. The topological polar surface area (TPSA) is 25.8 Å². The molecule has 0 amide bonds. The van der Waals surface area contributed by atoms with Crippen molar-refractivity contribution < 1.29 is 4.39 Å². The summed E-state index contributed by atoms with van der Waals surface area (Å²) in [5.74, 6) is 0.192. The number of benzene rings is 1. The van der Waals surface area contributed by atoms with Gasteiger partial charge in [0.05, 0.1) is 6.20 Å². The van der Waals surface area contributed by atoms with E-state index in [1.165, 1.54) is 18.4 Å². The molecule has 0 unspecified atom stereocenters. The molecule has 17 heavy (non-hydrogen) atoms. The number of aromatic nitrogens is 2. The van der Waals surface area contributed by atoms with Gasteiger partial charge in [0, 0.05) is 5.56 Å². The van der Waals surface area contributed by atoms with Crippen LogP contribution in [0.15, 0.2) is 30.5 Å². The standard InChI is InChI=1S/C13H10ClFN2/c14-13-16-7-11(15)12(17-13)10-3-1-2-9(6-10)8-4-5-8/h1-3,6-8H,4-5H2. The fourth-order valence-corrected chi connectivity index (χ4v) is 2.04. The number of nitrogens with zero attached hydrogens (tertiary/aromatic N) is 2. The fraction of sp³-hybridized carbons (Fsp3) is 0.231.